The molecule has 1 saturated heterocycles. The quantitative estimate of drug-likeness (QED) is 0.579. The highest BCUT2D eigenvalue weighted by Gasteiger charge is 2.35. The number of imidazole rings is 1. The van der Waals surface area contributed by atoms with Gasteiger partial charge in [-0.1, -0.05) is 0 Å². The van der Waals surface area contributed by atoms with Crippen molar-refractivity contribution in [3.05, 3.63) is 27.2 Å². The molecule has 11 heteroatoms. The number of ether oxygens (including phenoxy) is 2. The summed E-state index contributed by atoms with van der Waals surface area (Å²) in [5.74, 6) is 0.563. The summed E-state index contributed by atoms with van der Waals surface area (Å²) in [4.78, 5) is 43.5. The summed E-state index contributed by atoms with van der Waals surface area (Å²) in [6.07, 6.45) is 0.611. The van der Waals surface area contributed by atoms with Crippen molar-refractivity contribution in [1.82, 2.24) is 23.6 Å². The molecule has 2 aromatic heterocycles. The Balaban J connectivity index is 1.90. The number of fused-ring (bicyclic) bond motifs is 1. The van der Waals surface area contributed by atoms with Crippen LogP contribution in [0.5, 0.6) is 0 Å². The van der Waals surface area contributed by atoms with Gasteiger partial charge < -0.3 is 18.9 Å². The number of carbonyl (C=O) groups is 1. The molecule has 1 atom stereocenters. The van der Waals surface area contributed by atoms with E-state index in [2.05, 4.69) is 4.98 Å². The molecule has 28 heavy (non-hydrogen) atoms. The van der Waals surface area contributed by atoms with Crippen molar-refractivity contribution in [3.63, 3.8) is 0 Å². The Kier molecular flexibility index (Phi) is 6.26. The van der Waals surface area contributed by atoms with Gasteiger partial charge in [0.2, 0.25) is 6.29 Å². The highest BCUT2D eigenvalue weighted by Crippen LogP contribution is 2.27. The van der Waals surface area contributed by atoms with Crippen LogP contribution < -0.4 is 11.2 Å². The van der Waals surface area contributed by atoms with Crippen LogP contribution in [0.3, 0.4) is 0 Å². The smallest absolute Gasteiger partial charge is 0.332 e. The summed E-state index contributed by atoms with van der Waals surface area (Å²) >= 11 is 1.62. The molecule has 3 heterocycles. The zero-order valence-electron chi connectivity index (χ0n) is 16.5. The van der Waals surface area contributed by atoms with Crippen molar-refractivity contribution in [2.45, 2.75) is 32.1 Å². The SMILES string of the molecule is CCOC(OCC)C(=O)N1CCSC1Cn1cnc2c1c(=O)n(C)c(=O)n2C. The molecule has 10 nitrogen and oxygen atoms in total. The van der Waals surface area contributed by atoms with Crippen LogP contribution >= 0.6 is 11.8 Å². The maximum Gasteiger partial charge on any atom is 0.332 e. The van der Waals surface area contributed by atoms with Crippen LogP contribution in [-0.4, -0.2) is 66.7 Å². The zero-order valence-corrected chi connectivity index (χ0v) is 17.3. The van der Waals surface area contributed by atoms with Crippen molar-refractivity contribution < 1.29 is 14.3 Å². The van der Waals surface area contributed by atoms with E-state index >= 15 is 0 Å². The van der Waals surface area contributed by atoms with E-state index in [4.69, 9.17) is 9.47 Å². The van der Waals surface area contributed by atoms with Gasteiger partial charge in [0, 0.05) is 39.6 Å². The van der Waals surface area contributed by atoms with E-state index in [-0.39, 0.29) is 11.3 Å². The maximum atomic E-state index is 12.9. The van der Waals surface area contributed by atoms with Gasteiger partial charge >= 0.3 is 5.69 Å². The van der Waals surface area contributed by atoms with Gasteiger partial charge in [-0.3, -0.25) is 18.7 Å². The molecule has 1 aliphatic heterocycles. The molecule has 3 rings (SSSR count). The zero-order chi connectivity index (χ0) is 20.4. The molecular weight excluding hydrogens is 386 g/mol. The van der Waals surface area contributed by atoms with Crippen LogP contribution in [-0.2, 0) is 34.9 Å². The van der Waals surface area contributed by atoms with E-state index in [0.29, 0.717) is 37.5 Å². The third kappa shape index (κ3) is 3.61. The Morgan fingerprint density at radius 1 is 1.25 bits per heavy atom. The number of nitrogens with zero attached hydrogens (tertiary/aromatic N) is 5. The van der Waals surface area contributed by atoms with Gasteiger partial charge in [-0.05, 0) is 13.8 Å². The molecule has 0 radical (unpaired) electrons. The molecule has 1 amide bonds. The van der Waals surface area contributed by atoms with Gasteiger partial charge in [-0.25, -0.2) is 9.78 Å². The van der Waals surface area contributed by atoms with E-state index in [1.165, 1.54) is 17.9 Å². The summed E-state index contributed by atoms with van der Waals surface area (Å²) in [6.45, 7) is 5.33. The molecule has 0 aliphatic carbocycles. The van der Waals surface area contributed by atoms with E-state index < -0.39 is 17.5 Å². The Hall–Kier alpha value is -2.11. The van der Waals surface area contributed by atoms with Crippen LogP contribution in [0.15, 0.2) is 15.9 Å². The highest BCUT2D eigenvalue weighted by atomic mass is 32.2. The van der Waals surface area contributed by atoms with E-state index in [1.54, 1.807) is 28.3 Å². The molecule has 0 N–H and O–H groups in total. The summed E-state index contributed by atoms with van der Waals surface area (Å²) in [7, 11) is 3.02. The van der Waals surface area contributed by atoms with Crippen molar-refractivity contribution in [2.75, 3.05) is 25.5 Å². The molecule has 0 bridgehead atoms. The number of thioether (sulfide) groups is 1. The van der Waals surface area contributed by atoms with Gasteiger partial charge in [0.15, 0.2) is 11.2 Å². The number of rotatable bonds is 7. The molecule has 1 unspecified atom stereocenters. The lowest BCUT2D eigenvalue weighted by Gasteiger charge is -2.28. The maximum absolute atomic E-state index is 12.9. The second kappa shape index (κ2) is 8.50. The summed E-state index contributed by atoms with van der Waals surface area (Å²) in [5.41, 5.74) is -0.157. The number of carbonyl (C=O) groups excluding carboxylic acids is 1. The molecule has 154 valence electrons. The fourth-order valence-electron chi connectivity index (χ4n) is 3.26. The first kappa shape index (κ1) is 20.6. The normalized spacial score (nSPS) is 17.2. The van der Waals surface area contributed by atoms with Crippen LogP contribution in [0, 0.1) is 0 Å². The second-order valence-electron chi connectivity index (χ2n) is 6.37. The topological polar surface area (TPSA) is 101 Å². The molecular formula is C17H25N5O5S. The summed E-state index contributed by atoms with van der Waals surface area (Å²) in [5, 5.41) is -0.185. The lowest BCUT2D eigenvalue weighted by Crippen LogP contribution is -2.45. The fraction of sp³-hybridized carbons (Fsp3) is 0.647. The predicted octanol–water partition coefficient (Wildman–Crippen LogP) is -0.266. The number of aryl methyl sites for hydroxylation is 1. The largest absolute Gasteiger partial charge is 0.345 e. The Bertz CT molecular complexity index is 975. The first-order chi connectivity index (χ1) is 13.4. The van der Waals surface area contributed by atoms with E-state index in [0.717, 1.165) is 10.3 Å². The standard InChI is InChI=1S/C17H25N5O5S/c1-5-26-16(27-6-2)15(24)22-7-8-28-11(22)9-21-10-18-13-12(21)14(23)20(4)17(25)19(13)3/h10-11,16H,5-9H2,1-4H3. The van der Waals surface area contributed by atoms with Gasteiger partial charge in [-0.2, -0.15) is 0 Å². The Morgan fingerprint density at radius 2 is 1.93 bits per heavy atom. The van der Waals surface area contributed by atoms with Crippen LogP contribution in [0.4, 0.5) is 0 Å². The number of hydrogen-bond acceptors (Lipinski definition) is 7. The van der Waals surface area contributed by atoms with Crippen LogP contribution in [0.1, 0.15) is 13.8 Å². The van der Waals surface area contributed by atoms with Gasteiger partial charge in [-0.15, -0.1) is 11.8 Å². The van der Waals surface area contributed by atoms with E-state index in [1.807, 2.05) is 13.8 Å². The lowest BCUT2D eigenvalue weighted by atomic mass is 10.4. The third-order valence-electron chi connectivity index (χ3n) is 4.68. The van der Waals surface area contributed by atoms with E-state index in [9.17, 15) is 14.4 Å². The van der Waals surface area contributed by atoms with Gasteiger partial charge in [0.05, 0.1) is 18.2 Å². The minimum absolute atomic E-state index is 0.185. The number of aromatic nitrogens is 4. The van der Waals surface area contributed by atoms with Crippen LogP contribution in [0.25, 0.3) is 11.2 Å². The fourth-order valence-corrected chi connectivity index (χ4v) is 4.49. The number of amides is 1. The minimum atomic E-state index is -0.926. The van der Waals surface area contributed by atoms with Crippen molar-refractivity contribution in [2.24, 2.45) is 14.1 Å². The summed E-state index contributed by atoms with van der Waals surface area (Å²) in [6, 6.07) is 0. The van der Waals surface area contributed by atoms with Crippen molar-refractivity contribution in [1.29, 1.82) is 0 Å². The Labute approximate surface area is 166 Å². The van der Waals surface area contributed by atoms with Crippen molar-refractivity contribution in [3.8, 4) is 0 Å². The average Bonchev–Trinajstić information content (AvgIpc) is 3.31. The first-order valence-corrected chi connectivity index (χ1v) is 10.2. The molecule has 2 aromatic rings. The van der Waals surface area contributed by atoms with Crippen LogP contribution in [0.2, 0.25) is 0 Å². The van der Waals surface area contributed by atoms with Gasteiger partial charge in [0.25, 0.3) is 11.5 Å². The second-order valence-corrected chi connectivity index (χ2v) is 7.66. The minimum Gasteiger partial charge on any atom is -0.345 e. The van der Waals surface area contributed by atoms with Gasteiger partial charge in [0.1, 0.15) is 0 Å². The Morgan fingerprint density at radius 3 is 2.57 bits per heavy atom. The number of hydrogen-bond donors (Lipinski definition) is 0. The summed E-state index contributed by atoms with van der Waals surface area (Å²) < 4.78 is 15.0. The lowest BCUT2D eigenvalue weighted by molar-refractivity contribution is -0.180. The molecule has 0 aromatic carbocycles. The third-order valence-corrected chi connectivity index (χ3v) is 5.89. The molecule has 1 fully saturated rings. The van der Waals surface area contributed by atoms with Crippen molar-refractivity contribution >= 4 is 28.8 Å². The highest BCUT2D eigenvalue weighted by molar-refractivity contribution is 8.00. The molecule has 1 aliphatic rings. The first-order valence-electron chi connectivity index (χ1n) is 9.16. The average molecular weight is 411 g/mol. The molecule has 0 spiro atoms. The molecule has 0 saturated carbocycles. The predicted molar refractivity (Wildman–Crippen MR) is 105 cm³/mol. The monoisotopic (exact) mass is 411 g/mol.